The molecule has 0 saturated carbocycles. The Morgan fingerprint density at radius 1 is 0.706 bits per heavy atom. The zero-order valence-corrected chi connectivity index (χ0v) is 18.9. The van der Waals surface area contributed by atoms with Gasteiger partial charge in [0.15, 0.2) is 12.2 Å². The van der Waals surface area contributed by atoms with E-state index in [1.807, 2.05) is 24.3 Å². The van der Waals surface area contributed by atoms with Gasteiger partial charge in [-0.25, -0.2) is 9.59 Å². The molecule has 178 valence electrons. The normalized spacial score (nSPS) is 23.7. The number of esters is 2. The van der Waals surface area contributed by atoms with E-state index >= 15 is 0 Å². The molecule has 8 nitrogen and oxygen atoms in total. The van der Waals surface area contributed by atoms with Crippen LogP contribution in [0.3, 0.4) is 0 Å². The first-order chi connectivity index (χ1) is 16.6. The first-order valence-corrected chi connectivity index (χ1v) is 10.8. The van der Waals surface area contributed by atoms with E-state index in [1.54, 1.807) is 50.6 Å². The maximum atomic E-state index is 12.3. The Morgan fingerprint density at radius 3 is 1.44 bits per heavy atom. The van der Waals surface area contributed by atoms with E-state index in [2.05, 4.69) is 0 Å². The molecule has 0 amide bonds. The summed E-state index contributed by atoms with van der Waals surface area (Å²) in [5, 5.41) is 0. The van der Waals surface area contributed by atoms with Crippen molar-refractivity contribution in [2.45, 2.75) is 24.4 Å². The minimum Gasteiger partial charge on any atom is -0.497 e. The summed E-state index contributed by atoms with van der Waals surface area (Å²) in [5.74, 6) is 0.463. The Hall–Kier alpha value is -3.62. The maximum absolute atomic E-state index is 12.3. The molecule has 0 bridgehead atoms. The summed E-state index contributed by atoms with van der Waals surface area (Å²) in [6.45, 7) is 0.348. The van der Waals surface area contributed by atoms with Crippen LogP contribution in [0.2, 0.25) is 0 Å². The average molecular weight is 466 g/mol. The molecule has 0 radical (unpaired) electrons. The quantitative estimate of drug-likeness (QED) is 0.433. The minimum absolute atomic E-state index is 0.174. The van der Waals surface area contributed by atoms with Crippen molar-refractivity contribution in [3.63, 3.8) is 0 Å². The lowest BCUT2D eigenvalue weighted by Crippen LogP contribution is -2.35. The van der Waals surface area contributed by atoms with Crippen LogP contribution in [0.5, 0.6) is 11.5 Å². The van der Waals surface area contributed by atoms with Gasteiger partial charge >= 0.3 is 11.9 Å². The monoisotopic (exact) mass is 466 g/mol. The van der Waals surface area contributed by atoms with Crippen LogP contribution in [0.4, 0.5) is 0 Å². The molecule has 2 aliphatic heterocycles. The molecule has 4 atom stereocenters. The number of methoxy groups -OCH3 is 2. The topological polar surface area (TPSA) is 89.5 Å². The first kappa shape index (κ1) is 23.5. The number of ether oxygens (including phenoxy) is 6. The van der Waals surface area contributed by atoms with Crippen LogP contribution in [-0.2, 0) is 28.5 Å². The summed E-state index contributed by atoms with van der Waals surface area (Å²) >= 11 is 0. The van der Waals surface area contributed by atoms with Gasteiger partial charge in [-0.1, -0.05) is 24.3 Å². The molecular formula is C26H26O8. The van der Waals surface area contributed by atoms with Crippen molar-refractivity contribution >= 4 is 24.1 Å². The van der Waals surface area contributed by atoms with Gasteiger partial charge in [-0.3, -0.25) is 0 Å². The molecule has 3 unspecified atom stereocenters. The van der Waals surface area contributed by atoms with E-state index in [-0.39, 0.29) is 13.2 Å². The lowest BCUT2D eigenvalue weighted by atomic mass is 10.1. The van der Waals surface area contributed by atoms with Crippen molar-refractivity contribution in [2.75, 3.05) is 27.4 Å². The Morgan fingerprint density at radius 2 is 1.09 bits per heavy atom. The van der Waals surface area contributed by atoms with Crippen molar-refractivity contribution in [1.29, 1.82) is 0 Å². The Balaban J connectivity index is 1.26. The predicted molar refractivity (Wildman–Crippen MR) is 123 cm³/mol. The van der Waals surface area contributed by atoms with E-state index in [1.165, 1.54) is 12.2 Å². The van der Waals surface area contributed by atoms with Gasteiger partial charge in [0.1, 0.15) is 23.7 Å². The molecular weight excluding hydrogens is 440 g/mol. The lowest BCUT2D eigenvalue weighted by Gasteiger charge is -2.16. The highest BCUT2D eigenvalue weighted by Crippen LogP contribution is 2.31. The van der Waals surface area contributed by atoms with Gasteiger partial charge in [0.2, 0.25) is 0 Å². The molecule has 4 rings (SSSR count). The SMILES string of the molecule is COc1ccc(/C=C/C(=O)OC2COC3C2OC[C@H]3OC(=O)/C=C/c2ccc(OC)cc2)cc1. The summed E-state index contributed by atoms with van der Waals surface area (Å²) < 4.78 is 32.7. The number of carbonyl (C=O) groups excluding carboxylic acids is 2. The highest BCUT2D eigenvalue weighted by atomic mass is 16.7. The summed E-state index contributed by atoms with van der Waals surface area (Å²) in [6.07, 6.45) is 3.91. The zero-order valence-electron chi connectivity index (χ0n) is 18.9. The van der Waals surface area contributed by atoms with Crippen molar-refractivity contribution < 1.29 is 38.0 Å². The van der Waals surface area contributed by atoms with Gasteiger partial charge in [-0.15, -0.1) is 0 Å². The third-order valence-corrected chi connectivity index (χ3v) is 5.55. The number of carbonyl (C=O) groups is 2. The molecule has 34 heavy (non-hydrogen) atoms. The van der Waals surface area contributed by atoms with Crippen molar-refractivity contribution in [1.82, 2.24) is 0 Å². The van der Waals surface area contributed by atoms with Crippen molar-refractivity contribution in [3.8, 4) is 11.5 Å². The van der Waals surface area contributed by atoms with E-state index in [0.717, 1.165) is 22.6 Å². The fourth-order valence-electron chi connectivity index (χ4n) is 3.77. The molecule has 0 aliphatic carbocycles. The molecule has 2 heterocycles. The van der Waals surface area contributed by atoms with E-state index in [9.17, 15) is 9.59 Å². The lowest BCUT2D eigenvalue weighted by molar-refractivity contribution is -0.149. The van der Waals surface area contributed by atoms with Gasteiger partial charge in [0.25, 0.3) is 0 Å². The minimum atomic E-state index is -0.573. The molecule has 2 saturated heterocycles. The number of hydrogen-bond donors (Lipinski definition) is 0. The fraction of sp³-hybridized carbons (Fsp3) is 0.308. The molecule has 0 N–H and O–H groups in total. The van der Waals surface area contributed by atoms with Crippen molar-refractivity contribution in [3.05, 3.63) is 71.8 Å². The summed E-state index contributed by atoms with van der Waals surface area (Å²) in [4.78, 5) is 24.5. The molecule has 2 fully saturated rings. The molecule has 0 spiro atoms. The van der Waals surface area contributed by atoms with Crippen molar-refractivity contribution in [2.24, 2.45) is 0 Å². The van der Waals surface area contributed by atoms with Crippen LogP contribution < -0.4 is 9.47 Å². The van der Waals surface area contributed by atoms with E-state index in [0.29, 0.717) is 0 Å². The van der Waals surface area contributed by atoms with Gasteiger partial charge in [-0.05, 0) is 47.5 Å². The average Bonchev–Trinajstić information content (AvgIpc) is 3.45. The molecule has 2 aromatic carbocycles. The number of rotatable bonds is 8. The van der Waals surface area contributed by atoms with Crippen LogP contribution in [0.25, 0.3) is 12.2 Å². The predicted octanol–water partition coefficient (Wildman–Crippen LogP) is 3.05. The molecule has 2 aliphatic rings. The number of benzene rings is 2. The van der Waals surface area contributed by atoms with Gasteiger partial charge in [0, 0.05) is 12.2 Å². The van der Waals surface area contributed by atoms with Crippen LogP contribution in [0, 0.1) is 0 Å². The molecule has 0 aromatic heterocycles. The first-order valence-electron chi connectivity index (χ1n) is 10.8. The third kappa shape index (κ3) is 5.84. The highest BCUT2D eigenvalue weighted by molar-refractivity contribution is 5.87. The smallest absolute Gasteiger partial charge is 0.331 e. The second-order valence-corrected chi connectivity index (χ2v) is 7.76. The second-order valence-electron chi connectivity index (χ2n) is 7.76. The summed E-state index contributed by atoms with van der Waals surface area (Å²) in [6, 6.07) is 14.6. The summed E-state index contributed by atoms with van der Waals surface area (Å²) in [7, 11) is 3.18. The largest absolute Gasteiger partial charge is 0.497 e. The Labute approximate surface area is 197 Å². The number of fused-ring (bicyclic) bond motifs is 1. The standard InChI is InChI=1S/C26H26O8/c1-29-19-9-3-17(4-10-19)7-13-23(27)33-21-15-31-26-22(16-32-25(21)26)34-24(28)14-8-18-5-11-20(30-2)12-6-18/h3-14,21-22,25-26H,15-16H2,1-2H3/b13-7+,14-8+/t21-,22?,25?,26?/m1/s1. The van der Waals surface area contributed by atoms with Crippen LogP contribution in [0.15, 0.2) is 60.7 Å². The maximum Gasteiger partial charge on any atom is 0.331 e. The van der Waals surface area contributed by atoms with Gasteiger partial charge in [0.05, 0.1) is 27.4 Å². The Bertz CT molecular complexity index is 956. The third-order valence-electron chi connectivity index (χ3n) is 5.55. The van der Waals surface area contributed by atoms with E-state index < -0.39 is 36.4 Å². The number of hydrogen-bond acceptors (Lipinski definition) is 8. The van der Waals surface area contributed by atoms with Gasteiger partial charge in [-0.2, -0.15) is 0 Å². The van der Waals surface area contributed by atoms with E-state index in [4.69, 9.17) is 28.4 Å². The second kappa shape index (κ2) is 11.0. The van der Waals surface area contributed by atoms with Crippen LogP contribution in [-0.4, -0.2) is 63.8 Å². The Kier molecular flexibility index (Phi) is 7.61. The fourth-order valence-corrected chi connectivity index (χ4v) is 3.77. The zero-order chi connectivity index (χ0) is 23.9. The molecule has 2 aromatic rings. The van der Waals surface area contributed by atoms with Gasteiger partial charge < -0.3 is 28.4 Å². The molecule has 8 heteroatoms. The summed E-state index contributed by atoms with van der Waals surface area (Å²) in [5.41, 5.74) is 1.68. The van der Waals surface area contributed by atoms with Crippen LogP contribution >= 0.6 is 0 Å². The highest BCUT2D eigenvalue weighted by Gasteiger charge is 2.50. The van der Waals surface area contributed by atoms with Crippen LogP contribution in [0.1, 0.15) is 11.1 Å².